The zero-order chi connectivity index (χ0) is 19.1. The van der Waals surface area contributed by atoms with Crippen LogP contribution in [0.2, 0.25) is 0 Å². The largest absolute Gasteiger partial charge is 0.441 e. The van der Waals surface area contributed by atoms with Crippen molar-refractivity contribution in [2.75, 3.05) is 13.1 Å². The fourth-order valence-electron chi connectivity index (χ4n) is 4.76. The Hall–Kier alpha value is -2.89. The van der Waals surface area contributed by atoms with E-state index in [4.69, 9.17) is 4.42 Å². The number of likely N-dealkylation sites (tertiary alicyclic amines) is 1. The fourth-order valence-corrected chi connectivity index (χ4v) is 4.76. The molecule has 1 spiro atoms. The maximum absolute atomic E-state index is 13.1. The van der Waals surface area contributed by atoms with Gasteiger partial charge in [-0.2, -0.15) is 5.10 Å². The predicted molar refractivity (Wildman–Crippen MR) is 105 cm³/mol. The molecule has 5 rings (SSSR count). The second-order valence-corrected chi connectivity index (χ2v) is 8.03. The van der Waals surface area contributed by atoms with Gasteiger partial charge in [0.05, 0.1) is 18.3 Å². The lowest BCUT2D eigenvalue weighted by atomic mass is 9.77. The zero-order valence-electron chi connectivity index (χ0n) is 16.1. The molecule has 1 amide bonds. The van der Waals surface area contributed by atoms with E-state index >= 15 is 0 Å². The first-order valence-corrected chi connectivity index (χ1v) is 9.97. The molecule has 1 aromatic carbocycles. The normalized spacial score (nSPS) is 21.2. The molecule has 6 nitrogen and oxygen atoms in total. The number of nitrogens with one attached hydrogen (secondary N) is 1. The van der Waals surface area contributed by atoms with Crippen molar-refractivity contribution >= 4 is 5.91 Å². The van der Waals surface area contributed by atoms with E-state index in [0.29, 0.717) is 5.89 Å². The summed E-state index contributed by atoms with van der Waals surface area (Å²) in [7, 11) is 0. The van der Waals surface area contributed by atoms with E-state index in [0.717, 1.165) is 55.8 Å². The van der Waals surface area contributed by atoms with Crippen LogP contribution in [0, 0.1) is 6.92 Å². The molecule has 6 heteroatoms. The average molecular weight is 376 g/mol. The lowest BCUT2D eigenvalue weighted by molar-refractivity contribution is -0.132. The number of H-pyrrole nitrogens is 1. The number of aryl methyl sites for hydroxylation is 2. The Morgan fingerprint density at radius 1 is 1.29 bits per heavy atom. The number of carbonyl (C=O) groups excluding carboxylic acids is 1. The van der Waals surface area contributed by atoms with Gasteiger partial charge in [-0.15, -0.1) is 0 Å². The fraction of sp³-hybridized carbons (Fsp3) is 0.409. The number of oxazole rings is 1. The van der Waals surface area contributed by atoms with E-state index in [2.05, 4.69) is 15.2 Å². The van der Waals surface area contributed by atoms with Crippen molar-refractivity contribution in [2.45, 2.75) is 44.4 Å². The number of nitrogens with zero attached hydrogens (tertiary/aromatic N) is 3. The maximum Gasteiger partial charge on any atom is 0.228 e. The Morgan fingerprint density at radius 3 is 3.00 bits per heavy atom. The smallest absolute Gasteiger partial charge is 0.228 e. The summed E-state index contributed by atoms with van der Waals surface area (Å²) in [6, 6.07) is 9.81. The van der Waals surface area contributed by atoms with Crippen LogP contribution in [0.1, 0.15) is 42.0 Å². The van der Waals surface area contributed by atoms with Gasteiger partial charge in [0.2, 0.25) is 11.8 Å². The number of aromatic nitrogens is 3. The highest BCUT2D eigenvalue weighted by Crippen LogP contribution is 2.43. The third-order valence-corrected chi connectivity index (χ3v) is 6.28. The van der Waals surface area contributed by atoms with Crippen molar-refractivity contribution in [2.24, 2.45) is 0 Å². The van der Waals surface area contributed by atoms with Crippen LogP contribution in [0.15, 0.2) is 40.9 Å². The molecule has 2 aliphatic rings. The minimum atomic E-state index is 0.0494. The van der Waals surface area contributed by atoms with Gasteiger partial charge in [0.1, 0.15) is 5.76 Å². The zero-order valence-corrected chi connectivity index (χ0v) is 16.1. The molecule has 1 aliphatic carbocycles. The lowest BCUT2D eigenvalue weighted by Gasteiger charge is -2.40. The first-order valence-electron chi connectivity index (χ1n) is 9.97. The van der Waals surface area contributed by atoms with Crippen LogP contribution in [-0.4, -0.2) is 39.1 Å². The van der Waals surface area contributed by atoms with E-state index < -0.39 is 0 Å². The van der Waals surface area contributed by atoms with Gasteiger partial charge in [0.15, 0.2) is 0 Å². The molecule has 1 unspecified atom stereocenters. The van der Waals surface area contributed by atoms with Crippen molar-refractivity contribution in [1.29, 1.82) is 0 Å². The maximum atomic E-state index is 13.1. The number of amides is 1. The highest BCUT2D eigenvalue weighted by molar-refractivity contribution is 5.79. The number of benzene rings is 1. The summed E-state index contributed by atoms with van der Waals surface area (Å²) >= 11 is 0. The number of carbonyl (C=O) groups is 1. The number of rotatable bonds is 3. The number of fused-ring (bicyclic) bond motifs is 2. The third-order valence-electron chi connectivity index (χ3n) is 6.28. The number of aromatic amines is 1. The molecule has 0 bridgehead atoms. The van der Waals surface area contributed by atoms with Crippen LogP contribution >= 0.6 is 0 Å². The predicted octanol–water partition coefficient (Wildman–Crippen LogP) is 3.42. The van der Waals surface area contributed by atoms with Gasteiger partial charge >= 0.3 is 0 Å². The monoisotopic (exact) mass is 376 g/mol. The molecule has 1 aliphatic heterocycles. The van der Waals surface area contributed by atoms with Crippen molar-refractivity contribution < 1.29 is 9.21 Å². The minimum Gasteiger partial charge on any atom is -0.441 e. The van der Waals surface area contributed by atoms with E-state index in [1.807, 2.05) is 48.4 Å². The van der Waals surface area contributed by atoms with Gasteiger partial charge in [0.25, 0.3) is 0 Å². The Balaban J connectivity index is 1.33. The van der Waals surface area contributed by atoms with Crippen LogP contribution < -0.4 is 0 Å². The van der Waals surface area contributed by atoms with Gasteiger partial charge in [-0.3, -0.25) is 9.89 Å². The van der Waals surface area contributed by atoms with Crippen LogP contribution in [0.25, 0.3) is 11.5 Å². The molecule has 3 aromatic rings. The molecule has 3 heterocycles. The second-order valence-electron chi connectivity index (χ2n) is 8.03. The summed E-state index contributed by atoms with van der Waals surface area (Å²) < 4.78 is 5.82. The molecular weight excluding hydrogens is 352 g/mol. The molecular formula is C22H24N4O2. The summed E-state index contributed by atoms with van der Waals surface area (Å²) in [5.41, 5.74) is 4.27. The lowest BCUT2D eigenvalue weighted by Crippen LogP contribution is -2.48. The van der Waals surface area contributed by atoms with Gasteiger partial charge in [0, 0.05) is 29.8 Å². The van der Waals surface area contributed by atoms with E-state index in [-0.39, 0.29) is 17.7 Å². The topological polar surface area (TPSA) is 75.0 Å². The molecule has 0 saturated carbocycles. The van der Waals surface area contributed by atoms with Gasteiger partial charge in [-0.25, -0.2) is 4.98 Å². The van der Waals surface area contributed by atoms with Crippen LogP contribution in [0.5, 0.6) is 0 Å². The molecule has 1 atom stereocenters. The van der Waals surface area contributed by atoms with Gasteiger partial charge in [-0.1, -0.05) is 18.2 Å². The summed E-state index contributed by atoms with van der Waals surface area (Å²) in [6.45, 7) is 3.46. The second kappa shape index (κ2) is 6.62. The molecule has 2 aromatic heterocycles. The Labute approximate surface area is 164 Å². The number of hydrogen-bond acceptors (Lipinski definition) is 4. The third kappa shape index (κ3) is 2.84. The average Bonchev–Trinajstić information content (AvgIpc) is 3.41. The Bertz CT molecular complexity index is 1010. The standard InChI is InChI=1S/C22H24N4O2/c1-15-18(24-21(28-15)16-6-3-2-4-7-16)12-19(27)26-11-5-9-22(14-26)10-8-17-13-23-25-20(17)22/h2-4,6-7,13H,5,8-12,14H2,1H3,(H,23,25). The molecule has 0 radical (unpaired) electrons. The van der Waals surface area contributed by atoms with E-state index in [9.17, 15) is 4.79 Å². The number of hydrogen-bond donors (Lipinski definition) is 1. The van der Waals surface area contributed by atoms with E-state index in [1.165, 1.54) is 11.3 Å². The number of piperidine rings is 1. The molecule has 1 saturated heterocycles. The van der Waals surface area contributed by atoms with Gasteiger partial charge < -0.3 is 9.32 Å². The molecule has 1 fully saturated rings. The highest BCUT2D eigenvalue weighted by Gasteiger charge is 2.44. The molecule has 144 valence electrons. The highest BCUT2D eigenvalue weighted by atomic mass is 16.4. The summed E-state index contributed by atoms with van der Waals surface area (Å²) in [6.07, 6.45) is 6.52. The summed E-state index contributed by atoms with van der Waals surface area (Å²) in [5, 5.41) is 7.43. The van der Waals surface area contributed by atoms with Gasteiger partial charge in [-0.05, 0) is 50.3 Å². The SMILES string of the molecule is Cc1oc(-c2ccccc2)nc1CC(=O)N1CCCC2(CCc3cn[nH]c32)C1. The van der Waals surface area contributed by atoms with Crippen molar-refractivity contribution in [1.82, 2.24) is 20.1 Å². The molecule has 28 heavy (non-hydrogen) atoms. The summed E-state index contributed by atoms with van der Waals surface area (Å²) in [5.74, 6) is 1.42. The van der Waals surface area contributed by atoms with Crippen molar-refractivity contribution in [3.63, 3.8) is 0 Å². The van der Waals surface area contributed by atoms with E-state index in [1.54, 1.807) is 0 Å². The molecule has 1 N–H and O–H groups in total. The summed E-state index contributed by atoms with van der Waals surface area (Å²) in [4.78, 5) is 19.7. The van der Waals surface area contributed by atoms with Crippen LogP contribution in [-0.2, 0) is 23.1 Å². The first kappa shape index (κ1) is 17.2. The Kier molecular flexibility index (Phi) is 4.07. The van der Waals surface area contributed by atoms with Crippen molar-refractivity contribution in [3.05, 3.63) is 59.2 Å². The van der Waals surface area contributed by atoms with Crippen molar-refractivity contribution in [3.8, 4) is 11.5 Å². The first-order chi connectivity index (χ1) is 13.6. The minimum absolute atomic E-state index is 0.0494. The van der Waals surface area contributed by atoms with Crippen LogP contribution in [0.4, 0.5) is 0 Å². The quantitative estimate of drug-likeness (QED) is 0.760. The van der Waals surface area contributed by atoms with Crippen LogP contribution in [0.3, 0.4) is 0 Å². The Morgan fingerprint density at radius 2 is 2.14 bits per heavy atom.